The first-order valence-electron chi connectivity index (χ1n) is 10.5. The number of fused-ring (bicyclic) bond motifs is 1. The number of para-hydroxylation sites is 3. The molecule has 0 fully saturated rings. The Kier molecular flexibility index (Phi) is 6.76. The van der Waals surface area contributed by atoms with Crippen molar-refractivity contribution in [2.75, 3.05) is 34.2 Å². The molecule has 0 saturated carbocycles. The van der Waals surface area contributed by atoms with Crippen molar-refractivity contribution in [2.45, 2.75) is 11.8 Å². The fraction of sp³-hybridized carbons (Fsp3) is 0.167. The second-order valence-electron chi connectivity index (χ2n) is 7.44. The van der Waals surface area contributed by atoms with Crippen molar-refractivity contribution in [2.24, 2.45) is 0 Å². The third-order valence-corrected chi connectivity index (χ3v) is 7.61. The van der Waals surface area contributed by atoms with E-state index >= 15 is 0 Å². The number of benzene rings is 3. The Bertz CT molecular complexity index is 1330. The van der Waals surface area contributed by atoms with Gasteiger partial charge < -0.3 is 10.1 Å². The van der Waals surface area contributed by atoms with E-state index in [-0.39, 0.29) is 41.2 Å². The largest absolute Gasteiger partial charge is 0.482 e. The number of hydrogen-bond acceptors (Lipinski definition) is 5. The molecule has 0 radical (unpaired) electrons. The molecule has 0 saturated heterocycles. The predicted molar refractivity (Wildman–Crippen MR) is 131 cm³/mol. The predicted octanol–water partition coefficient (Wildman–Crippen LogP) is 3.92. The van der Waals surface area contributed by atoms with Crippen molar-refractivity contribution in [3.05, 3.63) is 77.8 Å². The monoisotopic (exact) mass is 499 g/mol. The van der Waals surface area contributed by atoms with Crippen LogP contribution in [0.4, 0.5) is 17.1 Å². The maximum Gasteiger partial charge on any atom is 0.265 e. The first kappa shape index (κ1) is 23.6. The number of halogens is 1. The summed E-state index contributed by atoms with van der Waals surface area (Å²) < 4.78 is 33.4. The number of amides is 2. The topological polar surface area (TPSA) is 96.0 Å². The van der Waals surface area contributed by atoms with Gasteiger partial charge in [-0.15, -0.1) is 0 Å². The summed E-state index contributed by atoms with van der Waals surface area (Å²) in [4.78, 5) is 26.3. The SMILES string of the molecule is CCN(c1ccccc1)S(=O)(=O)c1cc(NC(=O)CN2C(=O)COc3ccccc32)ccc1Cl. The first-order valence-corrected chi connectivity index (χ1v) is 12.3. The second-order valence-corrected chi connectivity index (χ2v) is 9.67. The highest BCUT2D eigenvalue weighted by Gasteiger charge is 2.28. The van der Waals surface area contributed by atoms with Gasteiger partial charge in [-0.05, 0) is 49.4 Å². The molecule has 1 N–H and O–H groups in total. The Labute approximate surface area is 202 Å². The number of nitrogens with one attached hydrogen (secondary N) is 1. The molecule has 1 aliphatic heterocycles. The Morgan fingerprint density at radius 3 is 2.53 bits per heavy atom. The van der Waals surface area contributed by atoms with Gasteiger partial charge in [0.1, 0.15) is 17.2 Å². The molecule has 8 nitrogen and oxygen atoms in total. The van der Waals surface area contributed by atoms with Gasteiger partial charge in [-0.3, -0.25) is 18.8 Å². The summed E-state index contributed by atoms with van der Waals surface area (Å²) in [6.45, 7) is 1.49. The molecule has 0 spiro atoms. The van der Waals surface area contributed by atoms with Crippen molar-refractivity contribution in [1.82, 2.24) is 0 Å². The van der Waals surface area contributed by atoms with Crippen LogP contribution in [0, 0.1) is 0 Å². The molecule has 2 amide bonds. The van der Waals surface area contributed by atoms with Gasteiger partial charge in [0, 0.05) is 12.2 Å². The van der Waals surface area contributed by atoms with Crippen molar-refractivity contribution < 1.29 is 22.7 Å². The molecule has 0 aromatic heterocycles. The van der Waals surface area contributed by atoms with E-state index in [1.54, 1.807) is 61.5 Å². The minimum Gasteiger partial charge on any atom is -0.482 e. The fourth-order valence-corrected chi connectivity index (χ4v) is 5.63. The molecular formula is C24H22ClN3O5S. The fourth-order valence-electron chi connectivity index (χ4n) is 3.65. The van der Waals surface area contributed by atoms with Crippen LogP contribution in [0.3, 0.4) is 0 Å². The van der Waals surface area contributed by atoms with E-state index in [0.717, 1.165) is 0 Å². The number of carbonyl (C=O) groups excluding carboxylic acids is 2. The van der Waals surface area contributed by atoms with Crippen molar-refractivity contribution in [1.29, 1.82) is 0 Å². The molecule has 1 aliphatic rings. The van der Waals surface area contributed by atoms with E-state index in [1.807, 2.05) is 0 Å². The van der Waals surface area contributed by atoms with Crippen molar-refractivity contribution in [3.8, 4) is 5.75 Å². The van der Waals surface area contributed by atoms with Crippen LogP contribution in [0.25, 0.3) is 0 Å². The van der Waals surface area contributed by atoms with Gasteiger partial charge in [0.05, 0.1) is 16.4 Å². The number of carbonyl (C=O) groups is 2. The van der Waals surface area contributed by atoms with Gasteiger partial charge in [0.2, 0.25) is 5.91 Å². The lowest BCUT2D eigenvalue weighted by molar-refractivity contribution is -0.123. The average molecular weight is 500 g/mol. The minimum absolute atomic E-state index is 0.0321. The Morgan fingerprint density at radius 1 is 1.09 bits per heavy atom. The number of nitrogens with zero attached hydrogens (tertiary/aromatic N) is 2. The van der Waals surface area contributed by atoms with Gasteiger partial charge in [-0.25, -0.2) is 8.42 Å². The van der Waals surface area contributed by atoms with E-state index in [4.69, 9.17) is 16.3 Å². The normalized spacial score (nSPS) is 13.1. The summed E-state index contributed by atoms with van der Waals surface area (Å²) in [5.74, 6) is -0.337. The summed E-state index contributed by atoms with van der Waals surface area (Å²) in [6.07, 6.45) is 0. The van der Waals surface area contributed by atoms with Crippen LogP contribution in [0.2, 0.25) is 5.02 Å². The minimum atomic E-state index is -4.00. The maximum absolute atomic E-state index is 13.4. The quantitative estimate of drug-likeness (QED) is 0.531. The molecule has 0 bridgehead atoms. The third-order valence-electron chi connectivity index (χ3n) is 5.22. The third kappa shape index (κ3) is 4.71. The lowest BCUT2D eigenvalue weighted by Crippen LogP contribution is -2.43. The highest BCUT2D eigenvalue weighted by molar-refractivity contribution is 7.93. The zero-order valence-electron chi connectivity index (χ0n) is 18.3. The summed E-state index contributed by atoms with van der Waals surface area (Å²) in [7, 11) is -4.00. The van der Waals surface area contributed by atoms with Gasteiger partial charge >= 0.3 is 0 Å². The van der Waals surface area contributed by atoms with Crippen LogP contribution >= 0.6 is 11.6 Å². The number of ether oxygens (including phenoxy) is 1. The Balaban J connectivity index is 1.57. The van der Waals surface area contributed by atoms with Crippen LogP contribution in [0.5, 0.6) is 5.75 Å². The van der Waals surface area contributed by atoms with Crippen LogP contribution in [-0.2, 0) is 19.6 Å². The summed E-state index contributed by atoms with van der Waals surface area (Å²) in [5.41, 5.74) is 1.24. The molecule has 0 atom stereocenters. The van der Waals surface area contributed by atoms with Gasteiger partial charge in [0.15, 0.2) is 6.61 Å². The second kappa shape index (κ2) is 9.74. The average Bonchev–Trinajstić information content (AvgIpc) is 2.83. The molecule has 3 aromatic rings. The van der Waals surface area contributed by atoms with Crippen LogP contribution in [0.1, 0.15) is 6.92 Å². The lowest BCUT2D eigenvalue weighted by Gasteiger charge is -2.28. The van der Waals surface area contributed by atoms with Gasteiger partial charge in [-0.2, -0.15) is 0 Å². The molecule has 0 unspecified atom stereocenters. The first-order chi connectivity index (χ1) is 16.3. The highest BCUT2D eigenvalue weighted by atomic mass is 35.5. The smallest absolute Gasteiger partial charge is 0.265 e. The van der Waals surface area contributed by atoms with E-state index in [1.165, 1.54) is 27.4 Å². The summed E-state index contributed by atoms with van der Waals surface area (Å²) in [6, 6.07) is 19.8. The molecule has 176 valence electrons. The lowest BCUT2D eigenvalue weighted by atomic mass is 10.2. The Morgan fingerprint density at radius 2 is 1.79 bits per heavy atom. The summed E-state index contributed by atoms with van der Waals surface area (Å²) in [5, 5.41) is 2.69. The van der Waals surface area contributed by atoms with Crippen molar-refractivity contribution in [3.63, 3.8) is 0 Å². The molecule has 3 aromatic carbocycles. The number of anilines is 3. The zero-order chi connectivity index (χ0) is 24.3. The van der Waals surface area contributed by atoms with Gasteiger partial charge in [-0.1, -0.05) is 41.9 Å². The molecule has 10 heteroatoms. The number of sulfonamides is 1. The maximum atomic E-state index is 13.4. The standard InChI is InChI=1S/C24H22ClN3O5S/c1-2-28(18-8-4-3-5-9-18)34(31,32)22-14-17(12-13-19(22)25)26-23(29)15-27-20-10-6-7-11-21(20)33-16-24(27)30/h3-14H,2,15-16H2,1H3,(H,26,29). The van der Waals surface area contributed by atoms with Gasteiger partial charge in [0.25, 0.3) is 15.9 Å². The number of hydrogen-bond donors (Lipinski definition) is 1. The zero-order valence-corrected chi connectivity index (χ0v) is 19.8. The van der Waals surface area contributed by atoms with Crippen molar-refractivity contribution >= 4 is 50.5 Å². The number of rotatable bonds is 7. The van der Waals surface area contributed by atoms with E-state index in [0.29, 0.717) is 17.1 Å². The Hall–Kier alpha value is -3.56. The van der Waals surface area contributed by atoms with E-state index in [9.17, 15) is 18.0 Å². The molecule has 0 aliphatic carbocycles. The van der Waals surface area contributed by atoms with E-state index in [2.05, 4.69) is 5.32 Å². The highest BCUT2D eigenvalue weighted by Crippen LogP contribution is 2.32. The molecule has 34 heavy (non-hydrogen) atoms. The van der Waals surface area contributed by atoms with E-state index < -0.39 is 15.9 Å². The molecular weight excluding hydrogens is 478 g/mol. The molecule has 1 heterocycles. The van der Waals surface area contributed by atoms with Crippen LogP contribution < -0.4 is 19.3 Å². The van der Waals surface area contributed by atoms with Crippen LogP contribution in [0.15, 0.2) is 77.7 Å². The molecule has 4 rings (SSSR count). The summed E-state index contributed by atoms with van der Waals surface area (Å²) >= 11 is 6.25. The van der Waals surface area contributed by atoms with Crippen LogP contribution in [-0.4, -0.2) is 39.9 Å².